The van der Waals surface area contributed by atoms with E-state index < -0.39 is 4.92 Å². The summed E-state index contributed by atoms with van der Waals surface area (Å²) in [6.45, 7) is 3.87. The Morgan fingerprint density at radius 1 is 1.16 bits per heavy atom. The molecule has 130 valence electrons. The summed E-state index contributed by atoms with van der Waals surface area (Å²) in [5.74, 6) is -0.218. The monoisotopic (exact) mass is 359 g/mol. The van der Waals surface area contributed by atoms with E-state index in [1.807, 2.05) is 19.9 Å². The van der Waals surface area contributed by atoms with Gasteiger partial charge in [-0.1, -0.05) is 6.07 Å². The molecule has 2 N–H and O–H groups in total. The Balaban J connectivity index is 2.09. The molecule has 0 saturated heterocycles. The largest absolute Gasteiger partial charge is 0.490 e. The highest BCUT2D eigenvalue weighted by molar-refractivity contribution is 7.80. The summed E-state index contributed by atoms with van der Waals surface area (Å²) in [6.07, 6.45) is 0. The zero-order valence-electron chi connectivity index (χ0n) is 14.0. The van der Waals surface area contributed by atoms with Gasteiger partial charge in [-0.25, -0.2) is 0 Å². The van der Waals surface area contributed by atoms with Crippen molar-refractivity contribution in [1.29, 1.82) is 0 Å². The number of nitro groups is 1. The molecule has 2 rings (SSSR count). The molecule has 7 nitrogen and oxygen atoms in total. The first-order valence-corrected chi connectivity index (χ1v) is 7.74. The lowest BCUT2D eigenvalue weighted by molar-refractivity contribution is -0.385. The van der Waals surface area contributed by atoms with E-state index in [0.717, 1.165) is 11.1 Å². The van der Waals surface area contributed by atoms with Crippen LogP contribution in [0.4, 0.5) is 11.4 Å². The highest BCUT2D eigenvalue weighted by Crippen LogP contribution is 2.29. The van der Waals surface area contributed by atoms with Gasteiger partial charge in [-0.2, -0.15) is 0 Å². The third-order valence-electron chi connectivity index (χ3n) is 3.63. The minimum absolute atomic E-state index is 0.0442. The molecule has 0 aromatic heterocycles. The molecular weight excluding hydrogens is 342 g/mol. The van der Waals surface area contributed by atoms with Crippen LogP contribution >= 0.6 is 12.2 Å². The molecule has 2 aromatic carbocycles. The van der Waals surface area contributed by atoms with Crippen LogP contribution in [0.15, 0.2) is 36.4 Å². The number of hydrogen-bond donors (Lipinski definition) is 2. The Bertz CT molecular complexity index is 852. The number of nitro benzene ring substituents is 1. The van der Waals surface area contributed by atoms with Gasteiger partial charge in [-0.3, -0.25) is 20.2 Å². The minimum Gasteiger partial charge on any atom is -0.490 e. The topological polar surface area (TPSA) is 93.5 Å². The van der Waals surface area contributed by atoms with Gasteiger partial charge in [0.2, 0.25) is 0 Å². The third-order valence-corrected chi connectivity index (χ3v) is 3.83. The van der Waals surface area contributed by atoms with Gasteiger partial charge < -0.3 is 10.1 Å². The average molecular weight is 359 g/mol. The molecule has 0 unspecified atom stereocenters. The number of amides is 1. The van der Waals surface area contributed by atoms with Gasteiger partial charge in [0, 0.05) is 17.3 Å². The molecule has 0 saturated carbocycles. The summed E-state index contributed by atoms with van der Waals surface area (Å²) in [7, 11) is 1.35. The van der Waals surface area contributed by atoms with Crippen molar-refractivity contribution in [3.05, 3.63) is 63.2 Å². The van der Waals surface area contributed by atoms with Crippen LogP contribution in [-0.2, 0) is 0 Å². The van der Waals surface area contributed by atoms with Crippen LogP contribution in [-0.4, -0.2) is 23.1 Å². The average Bonchev–Trinajstić information content (AvgIpc) is 2.57. The number of ether oxygens (including phenoxy) is 1. The lowest BCUT2D eigenvalue weighted by atomic mass is 10.1. The lowest BCUT2D eigenvalue weighted by Crippen LogP contribution is -2.34. The number of anilines is 1. The van der Waals surface area contributed by atoms with Crippen LogP contribution in [0.5, 0.6) is 5.75 Å². The zero-order chi connectivity index (χ0) is 18.6. The van der Waals surface area contributed by atoms with Gasteiger partial charge in [-0.15, -0.1) is 0 Å². The Hall–Kier alpha value is -3.00. The van der Waals surface area contributed by atoms with Crippen LogP contribution in [0.3, 0.4) is 0 Å². The zero-order valence-corrected chi connectivity index (χ0v) is 14.8. The number of thiocarbonyl (C=S) groups is 1. The predicted molar refractivity (Wildman–Crippen MR) is 99.3 cm³/mol. The molecule has 0 aliphatic carbocycles. The van der Waals surface area contributed by atoms with E-state index >= 15 is 0 Å². The molecule has 0 fully saturated rings. The van der Waals surface area contributed by atoms with E-state index in [2.05, 4.69) is 10.6 Å². The molecule has 0 radical (unpaired) electrons. The van der Waals surface area contributed by atoms with Crippen LogP contribution in [0.1, 0.15) is 21.5 Å². The molecule has 25 heavy (non-hydrogen) atoms. The van der Waals surface area contributed by atoms with Crippen LogP contribution in [0.2, 0.25) is 0 Å². The van der Waals surface area contributed by atoms with Crippen LogP contribution in [0, 0.1) is 24.0 Å². The number of nitrogens with zero attached hydrogens (tertiary/aromatic N) is 1. The van der Waals surface area contributed by atoms with Crippen molar-refractivity contribution in [3.8, 4) is 5.75 Å². The van der Waals surface area contributed by atoms with Gasteiger partial charge in [-0.05, 0) is 61.5 Å². The third kappa shape index (κ3) is 4.51. The highest BCUT2D eigenvalue weighted by Gasteiger charge is 2.16. The number of nitrogens with one attached hydrogen (secondary N) is 2. The second-order valence-electron chi connectivity index (χ2n) is 5.35. The lowest BCUT2D eigenvalue weighted by Gasteiger charge is -2.11. The van der Waals surface area contributed by atoms with E-state index in [1.165, 1.54) is 19.2 Å². The molecular formula is C17H17N3O4S. The smallest absolute Gasteiger partial charge is 0.312 e. The van der Waals surface area contributed by atoms with Crippen molar-refractivity contribution in [3.63, 3.8) is 0 Å². The number of methoxy groups -OCH3 is 1. The van der Waals surface area contributed by atoms with Crippen molar-refractivity contribution in [2.75, 3.05) is 12.4 Å². The number of carbonyl (C=O) groups is 1. The van der Waals surface area contributed by atoms with E-state index in [1.54, 1.807) is 18.2 Å². The second kappa shape index (κ2) is 7.71. The van der Waals surface area contributed by atoms with Crippen LogP contribution < -0.4 is 15.4 Å². The number of rotatable bonds is 4. The fraction of sp³-hybridized carbons (Fsp3) is 0.176. The number of carbonyl (C=O) groups excluding carboxylic acids is 1. The molecule has 0 atom stereocenters. The summed E-state index contributed by atoms with van der Waals surface area (Å²) >= 11 is 5.10. The summed E-state index contributed by atoms with van der Waals surface area (Å²) in [5.41, 5.74) is 2.74. The standard InChI is InChI=1S/C17H17N3O4S/c1-10-4-5-12(8-11(10)2)16(21)19-17(25)18-13-6-7-15(24-3)14(9-13)20(22)23/h4-9H,1-3H3,(H2,18,19,21,25). The molecule has 1 amide bonds. The van der Waals surface area contributed by atoms with Crippen molar-refractivity contribution >= 4 is 34.6 Å². The summed E-state index contributed by atoms with van der Waals surface area (Å²) in [6, 6.07) is 9.64. The maximum atomic E-state index is 12.2. The first-order valence-electron chi connectivity index (χ1n) is 7.34. The van der Waals surface area contributed by atoms with E-state index in [9.17, 15) is 14.9 Å². The maximum Gasteiger partial charge on any atom is 0.312 e. The van der Waals surface area contributed by atoms with Crippen molar-refractivity contribution in [1.82, 2.24) is 5.32 Å². The predicted octanol–water partition coefficient (Wildman–Crippen LogP) is 3.35. The van der Waals surface area contributed by atoms with Gasteiger partial charge in [0.15, 0.2) is 10.9 Å². The van der Waals surface area contributed by atoms with Gasteiger partial charge in [0.25, 0.3) is 5.91 Å². The first-order chi connectivity index (χ1) is 11.8. The Labute approximate surface area is 150 Å². The molecule has 0 heterocycles. The van der Waals surface area contributed by atoms with E-state index in [0.29, 0.717) is 11.3 Å². The molecule has 0 spiro atoms. The molecule has 2 aromatic rings. The van der Waals surface area contributed by atoms with Gasteiger partial charge >= 0.3 is 5.69 Å². The Morgan fingerprint density at radius 2 is 1.88 bits per heavy atom. The van der Waals surface area contributed by atoms with Crippen LogP contribution in [0.25, 0.3) is 0 Å². The van der Waals surface area contributed by atoms with Gasteiger partial charge in [0.1, 0.15) is 0 Å². The molecule has 0 bridgehead atoms. The molecule has 8 heteroatoms. The highest BCUT2D eigenvalue weighted by atomic mass is 32.1. The van der Waals surface area contributed by atoms with Crippen molar-refractivity contribution < 1.29 is 14.5 Å². The van der Waals surface area contributed by atoms with E-state index in [4.69, 9.17) is 17.0 Å². The number of aryl methyl sites for hydroxylation is 2. The number of hydrogen-bond acceptors (Lipinski definition) is 5. The minimum atomic E-state index is -0.555. The fourth-order valence-electron chi connectivity index (χ4n) is 2.13. The molecule has 0 aliphatic rings. The fourth-order valence-corrected chi connectivity index (χ4v) is 2.34. The summed E-state index contributed by atoms with van der Waals surface area (Å²) in [4.78, 5) is 22.7. The van der Waals surface area contributed by atoms with Crippen molar-refractivity contribution in [2.24, 2.45) is 0 Å². The SMILES string of the molecule is COc1ccc(NC(=S)NC(=O)c2ccc(C)c(C)c2)cc1[N+](=O)[O-]. The second-order valence-corrected chi connectivity index (χ2v) is 5.76. The number of benzene rings is 2. The normalized spacial score (nSPS) is 10.0. The first kappa shape index (κ1) is 18.3. The summed E-state index contributed by atoms with van der Waals surface area (Å²) < 4.78 is 4.94. The summed E-state index contributed by atoms with van der Waals surface area (Å²) in [5, 5.41) is 16.4. The molecule has 0 aliphatic heterocycles. The quantitative estimate of drug-likeness (QED) is 0.494. The Morgan fingerprint density at radius 3 is 2.48 bits per heavy atom. The maximum absolute atomic E-state index is 12.2. The Kier molecular flexibility index (Phi) is 5.66. The van der Waals surface area contributed by atoms with Gasteiger partial charge in [0.05, 0.1) is 12.0 Å². The van der Waals surface area contributed by atoms with E-state index in [-0.39, 0.29) is 22.5 Å². The van der Waals surface area contributed by atoms with Crippen molar-refractivity contribution in [2.45, 2.75) is 13.8 Å².